The van der Waals surface area contributed by atoms with Crippen molar-refractivity contribution in [2.45, 2.75) is 0 Å². The van der Waals surface area contributed by atoms with Gasteiger partial charge in [-0.25, -0.2) is 0 Å². The molecule has 0 unspecified atom stereocenters. The molecule has 0 saturated heterocycles. The summed E-state index contributed by atoms with van der Waals surface area (Å²) in [5.74, 6) is -1.07. The van der Waals surface area contributed by atoms with E-state index in [2.05, 4.69) is 10.6 Å². The van der Waals surface area contributed by atoms with Gasteiger partial charge in [-0.3, -0.25) is 9.59 Å². The predicted molar refractivity (Wildman–Crippen MR) is 95.2 cm³/mol. The molecule has 2 amide bonds. The lowest BCUT2D eigenvalue weighted by molar-refractivity contribution is 0.0927. The average Bonchev–Trinajstić information content (AvgIpc) is 2.57. The lowest BCUT2D eigenvalue weighted by Gasteiger charge is -2.12. The first-order chi connectivity index (χ1) is 11.9. The Bertz CT molecular complexity index is 737. The van der Waals surface area contributed by atoms with Crippen LogP contribution in [-0.4, -0.2) is 49.2 Å². The summed E-state index contributed by atoms with van der Waals surface area (Å²) in [5.41, 5.74) is 1.68. The van der Waals surface area contributed by atoms with Crippen molar-refractivity contribution in [1.29, 1.82) is 0 Å². The molecule has 4 N–H and O–H groups in total. The molecule has 132 valence electrons. The number of benzene rings is 2. The van der Waals surface area contributed by atoms with Crippen LogP contribution in [-0.2, 0) is 0 Å². The zero-order chi connectivity index (χ0) is 18.4. The van der Waals surface area contributed by atoms with Crippen molar-refractivity contribution in [2.75, 3.05) is 32.1 Å². The second kappa shape index (κ2) is 8.05. The van der Waals surface area contributed by atoms with Gasteiger partial charge in [-0.05, 0) is 36.4 Å². The Hall–Kier alpha value is -3.22. The Kier molecular flexibility index (Phi) is 5.84. The van der Waals surface area contributed by atoms with Gasteiger partial charge >= 0.3 is 0 Å². The van der Waals surface area contributed by atoms with Gasteiger partial charge in [0.15, 0.2) is 0 Å². The summed E-state index contributed by atoms with van der Waals surface area (Å²) in [5, 5.41) is 24.0. The number of phenols is 2. The summed E-state index contributed by atoms with van der Waals surface area (Å²) >= 11 is 0. The van der Waals surface area contributed by atoms with Gasteiger partial charge in [0.25, 0.3) is 11.8 Å². The van der Waals surface area contributed by atoms with Crippen LogP contribution in [0.2, 0.25) is 0 Å². The number of rotatable bonds is 6. The van der Waals surface area contributed by atoms with Gasteiger partial charge in [0, 0.05) is 50.1 Å². The largest absolute Gasteiger partial charge is 0.508 e. The fraction of sp³-hybridized carbons (Fsp3) is 0.222. The number of anilines is 1. The monoisotopic (exact) mass is 343 g/mol. The van der Waals surface area contributed by atoms with Crippen molar-refractivity contribution in [3.05, 3.63) is 53.6 Å². The van der Waals surface area contributed by atoms with Crippen LogP contribution in [0.5, 0.6) is 11.5 Å². The van der Waals surface area contributed by atoms with Gasteiger partial charge in [0.2, 0.25) is 0 Å². The van der Waals surface area contributed by atoms with E-state index in [4.69, 9.17) is 0 Å². The minimum Gasteiger partial charge on any atom is -0.508 e. The van der Waals surface area contributed by atoms with E-state index in [9.17, 15) is 19.8 Å². The van der Waals surface area contributed by atoms with Crippen molar-refractivity contribution in [3.63, 3.8) is 0 Å². The van der Waals surface area contributed by atoms with E-state index in [1.807, 2.05) is 31.1 Å². The number of carbonyl (C=O) groups is 2. The maximum absolute atomic E-state index is 12.0. The predicted octanol–water partition coefficient (Wildman–Crippen LogP) is 1.32. The highest BCUT2D eigenvalue weighted by Gasteiger charge is 2.09. The van der Waals surface area contributed by atoms with Crippen LogP contribution in [0.25, 0.3) is 0 Å². The molecule has 0 aliphatic rings. The molecule has 0 radical (unpaired) electrons. The zero-order valence-electron chi connectivity index (χ0n) is 14.1. The molecular weight excluding hydrogens is 322 g/mol. The number of hydrogen-bond donors (Lipinski definition) is 4. The van der Waals surface area contributed by atoms with Crippen molar-refractivity contribution in [3.8, 4) is 11.5 Å². The van der Waals surface area contributed by atoms with Crippen LogP contribution in [0.15, 0.2) is 42.5 Å². The standard InChI is InChI=1S/C18H21N3O4/c1-21(2)14-5-3-12(4-6-14)17(24)19-7-8-20-18(25)13-9-15(22)11-16(23)10-13/h3-6,9-11,22-23H,7-8H2,1-2H3,(H,19,24)(H,20,25). The first kappa shape index (κ1) is 18.1. The lowest BCUT2D eigenvalue weighted by atomic mass is 10.2. The summed E-state index contributed by atoms with van der Waals surface area (Å²) < 4.78 is 0. The van der Waals surface area contributed by atoms with Crippen LogP contribution < -0.4 is 15.5 Å². The quantitative estimate of drug-likeness (QED) is 0.593. The molecule has 0 atom stereocenters. The van der Waals surface area contributed by atoms with Crippen molar-refractivity contribution < 1.29 is 19.8 Å². The smallest absolute Gasteiger partial charge is 0.251 e. The minimum absolute atomic E-state index is 0.142. The van der Waals surface area contributed by atoms with E-state index in [-0.39, 0.29) is 36.1 Å². The molecule has 0 aliphatic heterocycles. The molecule has 2 aromatic carbocycles. The molecule has 25 heavy (non-hydrogen) atoms. The van der Waals surface area contributed by atoms with E-state index >= 15 is 0 Å². The molecule has 7 nitrogen and oxygen atoms in total. The minimum atomic E-state index is -0.448. The third kappa shape index (κ3) is 5.13. The number of nitrogens with zero attached hydrogens (tertiary/aromatic N) is 1. The topological polar surface area (TPSA) is 102 Å². The van der Waals surface area contributed by atoms with Gasteiger partial charge < -0.3 is 25.7 Å². The fourth-order valence-corrected chi connectivity index (χ4v) is 2.19. The first-order valence-corrected chi connectivity index (χ1v) is 7.73. The van der Waals surface area contributed by atoms with Crippen LogP contribution in [0.4, 0.5) is 5.69 Å². The summed E-state index contributed by atoms with van der Waals surface area (Å²) in [6.07, 6.45) is 0. The van der Waals surface area contributed by atoms with Crippen LogP contribution in [0.1, 0.15) is 20.7 Å². The Balaban J connectivity index is 1.80. The van der Waals surface area contributed by atoms with Crippen molar-refractivity contribution >= 4 is 17.5 Å². The van der Waals surface area contributed by atoms with Crippen LogP contribution >= 0.6 is 0 Å². The Labute approximate surface area is 145 Å². The Morgan fingerprint density at radius 3 is 1.80 bits per heavy atom. The number of nitrogens with one attached hydrogen (secondary N) is 2. The van der Waals surface area contributed by atoms with Crippen LogP contribution in [0, 0.1) is 0 Å². The van der Waals surface area contributed by atoms with Gasteiger partial charge in [-0.2, -0.15) is 0 Å². The van der Waals surface area contributed by atoms with Crippen LogP contribution in [0.3, 0.4) is 0 Å². The molecule has 2 aromatic rings. The summed E-state index contributed by atoms with van der Waals surface area (Å²) in [6.45, 7) is 0.474. The molecule has 0 saturated carbocycles. The molecule has 0 spiro atoms. The van der Waals surface area contributed by atoms with Crippen molar-refractivity contribution in [1.82, 2.24) is 10.6 Å². The maximum atomic E-state index is 12.0. The van der Waals surface area contributed by atoms with E-state index in [1.165, 1.54) is 12.1 Å². The summed E-state index contributed by atoms with van der Waals surface area (Å²) in [7, 11) is 3.84. The van der Waals surface area contributed by atoms with Gasteiger partial charge in [0.05, 0.1) is 0 Å². The molecule has 0 aromatic heterocycles. The second-order valence-electron chi connectivity index (χ2n) is 5.69. The molecule has 0 aliphatic carbocycles. The highest BCUT2D eigenvalue weighted by atomic mass is 16.3. The van der Waals surface area contributed by atoms with E-state index in [0.717, 1.165) is 11.8 Å². The lowest BCUT2D eigenvalue weighted by Crippen LogP contribution is -2.34. The number of phenolic OH excluding ortho intramolecular Hbond substituents is 2. The number of aromatic hydroxyl groups is 2. The fourth-order valence-electron chi connectivity index (χ4n) is 2.19. The van der Waals surface area contributed by atoms with E-state index < -0.39 is 5.91 Å². The van der Waals surface area contributed by atoms with E-state index in [0.29, 0.717) is 5.56 Å². The maximum Gasteiger partial charge on any atom is 0.251 e. The van der Waals surface area contributed by atoms with Gasteiger partial charge in [-0.1, -0.05) is 0 Å². The third-order valence-corrected chi connectivity index (χ3v) is 3.51. The molecule has 0 heterocycles. The molecule has 0 fully saturated rings. The number of hydrogen-bond acceptors (Lipinski definition) is 5. The number of amides is 2. The third-order valence-electron chi connectivity index (χ3n) is 3.51. The molecule has 0 bridgehead atoms. The Morgan fingerprint density at radius 1 is 0.840 bits per heavy atom. The van der Waals surface area contributed by atoms with Crippen molar-refractivity contribution in [2.24, 2.45) is 0 Å². The molecular formula is C18H21N3O4. The average molecular weight is 343 g/mol. The van der Waals surface area contributed by atoms with Gasteiger partial charge in [-0.15, -0.1) is 0 Å². The highest BCUT2D eigenvalue weighted by Crippen LogP contribution is 2.20. The second-order valence-corrected chi connectivity index (χ2v) is 5.69. The SMILES string of the molecule is CN(C)c1ccc(C(=O)NCCNC(=O)c2cc(O)cc(O)c2)cc1. The Morgan fingerprint density at radius 2 is 1.32 bits per heavy atom. The molecule has 2 rings (SSSR count). The summed E-state index contributed by atoms with van der Waals surface area (Å²) in [6, 6.07) is 10.8. The molecule has 7 heteroatoms. The van der Waals surface area contributed by atoms with Gasteiger partial charge in [0.1, 0.15) is 11.5 Å². The summed E-state index contributed by atoms with van der Waals surface area (Å²) in [4.78, 5) is 25.9. The number of carbonyl (C=O) groups excluding carboxylic acids is 2. The normalized spacial score (nSPS) is 10.2. The first-order valence-electron chi connectivity index (χ1n) is 7.73. The zero-order valence-corrected chi connectivity index (χ0v) is 14.1. The highest BCUT2D eigenvalue weighted by molar-refractivity contribution is 5.95. The van der Waals surface area contributed by atoms with E-state index in [1.54, 1.807) is 12.1 Å².